The van der Waals surface area contributed by atoms with E-state index in [2.05, 4.69) is 58.9 Å². The number of ether oxygens (including phenoxy) is 4. The van der Waals surface area contributed by atoms with Gasteiger partial charge >= 0.3 is 5.97 Å². The zero-order chi connectivity index (χ0) is 28.0. The standard InChI is InChI=1S/C32H51NO5/c1-19-10-9-11-25(29(19)23(5)18-33)17-27(32(34)36-8)31-21(3)13-15-26(37-31)14-12-20(2)30-22(4)16-28(38-30)24(6)35-7/h12,14,17,19-26,28-31H,9-11,13,15-16H2,1-8H3/b14-12+,27-17-/t19-,20+,21-,22+,23+,24+,25-,26-,28-,29-,30+,31-/m1/s1. The van der Waals surface area contributed by atoms with Gasteiger partial charge in [-0.3, -0.25) is 0 Å². The van der Waals surface area contributed by atoms with Crippen molar-refractivity contribution in [3.8, 4) is 6.07 Å². The third kappa shape index (κ3) is 7.29. The molecule has 1 saturated carbocycles. The predicted octanol–water partition coefficient (Wildman–Crippen LogP) is 6.50. The highest BCUT2D eigenvalue weighted by atomic mass is 16.5. The number of hydrogen-bond acceptors (Lipinski definition) is 6. The van der Waals surface area contributed by atoms with E-state index < -0.39 is 0 Å². The highest BCUT2D eigenvalue weighted by molar-refractivity contribution is 5.89. The molecule has 0 aromatic rings. The Hall–Kier alpha value is -1.68. The number of methoxy groups -OCH3 is 2. The largest absolute Gasteiger partial charge is 0.466 e. The maximum Gasteiger partial charge on any atom is 0.336 e. The fourth-order valence-corrected chi connectivity index (χ4v) is 7.14. The number of nitrogens with zero attached hydrogens (tertiary/aromatic N) is 1. The molecule has 2 aliphatic heterocycles. The summed E-state index contributed by atoms with van der Waals surface area (Å²) in [6.45, 7) is 13.0. The van der Waals surface area contributed by atoms with Crippen LogP contribution in [-0.4, -0.2) is 50.7 Å². The third-order valence-corrected chi connectivity index (χ3v) is 9.54. The number of allylic oxidation sites excluding steroid dienone is 1. The molecule has 0 bridgehead atoms. The second-order valence-corrected chi connectivity index (χ2v) is 12.4. The smallest absolute Gasteiger partial charge is 0.336 e. The van der Waals surface area contributed by atoms with Crippen molar-refractivity contribution in [3.63, 3.8) is 0 Å². The molecule has 0 radical (unpaired) electrons. The molecular formula is C32H51NO5. The van der Waals surface area contributed by atoms with E-state index in [0.29, 0.717) is 17.4 Å². The Morgan fingerprint density at radius 1 is 1.00 bits per heavy atom. The Morgan fingerprint density at radius 3 is 2.39 bits per heavy atom. The number of esters is 1. The molecule has 1 aliphatic carbocycles. The molecule has 0 N–H and O–H groups in total. The number of nitriles is 1. The Balaban J connectivity index is 1.76. The molecule has 6 heteroatoms. The summed E-state index contributed by atoms with van der Waals surface area (Å²) in [6, 6.07) is 2.47. The first-order valence-electron chi connectivity index (χ1n) is 14.8. The lowest BCUT2D eigenvalue weighted by Gasteiger charge is -2.39. The Morgan fingerprint density at radius 2 is 1.74 bits per heavy atom. The van der Waals surface area contributed by atoms with Crippen molar-refractivity contribution < 1.29 is 23.7 Å². The molecule has 3 rings (SSSR count). The molecule has 2 heterocycles. The molecule has 2 saturated heterocycles. The molecule has 214 valence electrons. The second-order valence-electron chi connectivity index (χ2n) is 12.4. The minimum Gasteiger partial charge on any atom is -0.466 e. The van der Waals surface area contributed by atoms with E-state index in [1.165, 1.54) is 7.11 Å². The van der Waals surface area contributed by atoms with Gasteiger partial charge in [-0.2, -0.15) is 5.26 Å². The molecule has 3 fully saturated rings. The van der Waals surface area contributed by atoms with Crippen LogP contribution in [0.5, 0.6) is 0 Å². The van der Waals surface area contributed by atoms with Gasteiger partial charge in [0.25, 0.3) is 0 Å². The molecule has 0 aromatic carbocycles. The van der Waals surface area contributed by atoms with E-state index >= 15 is 0 Å². The molecule has 3 aliphatic rings. The van der Waals surface area contributed by atoms with Crippen molar-refractivity contribution >= 4 is 5.97 Å². The van der Waals surface area contributed by atoms with Gasteiger partial charge in [0, 0.05) is 18.9 Å². The third-order valence-electron chi connectivity index (χ3n) is 9.54. The van der Waals surface area contributed by atoms with Crippen LogP contribution >= 0.6 is 0 Å². The molecular weight excluding hydrogens is 478 g/mol. The topological polar surface area (TPSA) is 77.8 Å². The summed E-state index contributed by atoms with van der Waals surface area (Å²) in [5.74, 6) is 1.43. The predicted molar refractivity (Wildman–Crippen MR) is 149 cm³/mol. The maximum absolute atomic E-state index is 13.1. The van der Waals surface area contributed by atoms with Gasteiger partial charge < -0.3 is 18.9 Å². The summed E-state index contributed by atoms with van der Waals surface area (Å²) in [6.07, 6.45) is 12.7. The number of hydrogen-bond donors (Lipinski definition) is 0. The summed E-state index contributed by atoms with van der Waals surface area (Å²) in [5.41, 5.74) is 0.629. The number of carbonyl (C=O) groups excluding carboxylic acids is 1. The van der Waals surface area contributed by atoms with Gasteiger partial charge in [0.2, 0.25) is 0 Å². The van der Waals surface area contributed by atoms with Crippen LogP contribution in [0.2, 0.25) is 0 Å². The van der Waals surface area contributed by atoms with Crippen LogP contribution in [0.4, 0.5) is 0 Å². The zero-order valence-electron chi connectivity index (χ0n) is 24.9. The Bertz CT molecular complexity index is 878. The average Bonchev–Trinajstić information content (AvgIpc) is 3.31. The molecule has 0 unspecified atom stereocenters. The van der Waals surface area contributed by atoms with Crippen LogP contribution in [0.1, 0.15) is 80.1 Å². The normalized spacial score (nSPS) is 38.9. The van der Waals surface area contributed by atoms with Crippen molar-refractivity contribution in [1.29, 1.82) is 5.26 Å². The van der Waals surface area contributed by atoms with Crippen LogP contribution in [0.3, 0.4) is 0 Å². The number of carbonyl (C=O) groups is 1. The van der Waals surface area contributed by atoms with Gasteiger partial charge in [0.05, 0.1) is 49.3 Å². The Labute approximate surface area is 231 Å². The first kappa shape index (κ1) is 30.9. The monoisotopic (exact) mass is 529 g/mol. The van der Waals surface area contributed by atoms with Gasteiger partial charge in [0.1, 0.15) is 0 Å². The van der Waals surface area contributed by atoms with Crippen LogP contribution in [-0.2, 0) is 23.7 Å². The maximum atomic E-state index is 13.1. The van der Waals surface area contributed by atoms with Gasteiger partial charge in [-0.05, 0) is 69.1 Å². The highest BCUT2D eigenvalue weighted by Crippen LogP contribution is 2.42. The van der Waals surface area contributed by atoms with Crippen molar-refractivity contribution in [3.05, 3.63) is 23.8 Å². The highest BCUT2D eigenvalue weighted by Gasteiger charge is 2.39. The summed E-state index contributed by atoms with van der Waals surface area (Å²) >= 11 is 0. The summed E-state index contributed by atoms with van der Waals surface area (Å²) in [7, 11) is 3.19. The van der Waals surface area contributed by atoms with Crippen LogP contribution < -0.4 is 0 Å². The van der Waals surface area contributed by atoms with Crippen molar-refractivity contribution in [2.24, 2.45) is 41.4 Å². The van der Waals surface area contributed by atoms with Gasteiger partial charge in [-0.15, -0.1) is 0 Å². The van der Waals surface area contributed by atoms with E-state index in [-0.39, 0.29) is 66.1 Å². The van der Waals surface area contributed by atoms with Crippen molar-refractivity contribution in [1.82, 2.24) is 0 Å². The van der Waals surface area contributed by atoms with E-state index in [1.807, 2.05) is 6.92 Å². The van der Waals surface area contributed by atoms with Gasteiger partial charge in [-0.1, -0.05) is 58.8 Å². The first-order valence-corrected chi connectivity index (χ1v) is 14.8. The minimum absolute atomic E-state index is 0.0565. The fourth-order valence-electron chi connectivity index (χ4n) is 7.14. The van der Waals surface area contributed by atoms with Crippen LogP contribution in [0, 0.1) is 52.8 Å². The molecule has 12 atom stereocenters. The minimum atomic E-state index is -0.315. The van der Waals surface area contributed by atoms with Crippen LogP contribution in [0.25, 0.3) is 0 Å². The van der Waals surface area contributed by atoms with Crippen molar-refractivity contribution in [2.75, 3.05) is 14.2 Å². The summed E-state index contributed by atoms with van der Waals surface area (Å²) < 4.78 is 23.7. The van der Waals surface area contributed by atoms with Gasteiger partial charge in [0.15, 0.2) is 0 Å². The molecule has 0 spiro atoms. The second kappa shape index (κ2) is 14.1. The fraction of sp³-hybridized carbons (Fsp3) is 0.812. The average molecular weight is 530 g/mol. The lowest BCUT2D eigenvalue weighted by atomic mass is 9.67. The van der Waals surface area contributed by atoms with E-state index in [0.717, 1.165) is 38.5 Å². The van der Waals surface area contributed by atoms with E-state index in [4.69, 9.17) is 18.9 Å². The quantitative estimate of drug-likeness (QED) is 0.193. The molecule has 0 aromatic heterocycles. The zero-order valence-corrected chi connectivity index (χ0v) is 24.9. The SMILES string of the molecule is COC(=O)/C(=C\[C@H]1CCC[C@@H](C)[C@@H]1[C@@H](C)C#N)[C@@H]1O[C@H](/C=C/[C@H](C)[C@@H]2O[C@@H]([C@H](C)OC)C[C@@H]2C)CC[C@H]1C. The van der Waals surface area contributed by atoms with Crippen molar-refractivity contribution in [2.45, 2.75) is 111 Å². The summed E-state index contributed by atoms with van der Waals surface area (Å²) in [4.78, 5) is 13.1. The molecule has 38 heavy (non-hydrogen) atoms. The van der Waals surface area contributed by atoms with Crippen LogP contribution in [0.15, 0.2) is 23.8 Å². The van der Waals surface area contributed by atoms with E-state index in [1.54, 1.807) is 7.11 Å². The summed E-state index contributed by atoms with van der Waals surface area (Å²) in [5, 5.41) is 9.68. The lowest BCUT2D eigenvalue weighted by molar-refractivity contribution is -0.139. The molecule has 0 amide bonds. The lowest BCUT2D eigenvalue weighted by Crippen LogP contribution is -2.38. The Kier molecular flexibility index (Phi) is 11.4. The van der Waals surface area contributed by atoms with Gasteiger partial charge in [-0.25, -0.2) is 4.79 Å². The first-order chi connectivity index (χ1) is 18.1. The molecule has 6 nitrogen and oxygen atoms in total. The number of rotatable bonds is 9. The van der Waals surface area contributed by atoms with E-state index in [9.17, 15) is 10.1 Å².